The van der Waals surface area contributed by atoms with E-state index in [2.05, 4.69) is 18.4 Å². The minimum atomic E-state index is -0.369. The molecule has 136 valence electrons. The van der Waals surface area contributed by atoms with Crippen LogP contribution in [0.5, 0.6) is 5.75 Å². The maximum absolute atomic E-state index is 12.3. The van der Waals surface area contributed by atoms with Crippen LogP contribution in [0, 0.1) is 6.92 Å². The first-order chi connectivity index (χ1) is 12.1. The van der Waals surface area contributed by atoms with Gasteiger partial charge in [0, 0.05) is 29.1 Å². The first kappa shape index (κ1) is 19.1. The Kier molecular flexibility index (Phi) is 6.68. The van der Waals surface area contributed by atoms with Gasteiger partial charge in [-0.2, -0.15) is 0 Å². The molecule has 4 heteroatoms. The van der Waals surface area contributed by atoms with Crippen LogP contribution in [0.1, 0.15) is 61.3 Å². The molecule has 0 radical (unpaired) electrons. The summed E-state index contributed by atoms with van der Waals surface area (Å²) in [5.41, 5.74) is 10.5. The Morgan fingerprint density at radius 2 is 1.84 bits per heavy atom. The lowest BCUT2D eigenvalue weighted by atomic mass is 9.97. The molecule has 2 N–H and O–H groups in total. The molecular formula is C21H30N2O2. The number of amides is 1. The van der Waals surface area contributed by atoms with Crippen molar-refractivity contribution in [2.24, 2.45) is 5.73 Å². The lowest BCUT2D eigenvalue weighted by Gasteiger charge is -2.14. The molecule has 1 heterocycles. The number of benzene rings is 1. The van der Waals surface area contributed by atoms with Gasteiger partial charge in [-0.15, -0.1) is 0 Å². The molecule has 1 aromatic heterocycles. The molecule has 0 spiro atoms. The molecule has 2 rings (SSSR count). The van der Waals surface area contributed by atoms with Crippen molar-refractivity contribution in [3.8, 4) is 16.9 Å². The van der Waals surface area contributed by atoms with Gasteiger partial charge in [-0.1, -0.05) is 44.9 Å². The maximum atomic E-state index is 12.3. The smallest absolute Gasteiger partial charge is 0.251 e. The number of rotatable bonds is 9. The van der Waals surface area contributed by atoms with Crippen LogP contribution in [0.25, 0.3) is 11.1 Å². The average molecular weight is 342 g/mol. The van der Waals surface area contributed by atoms with Crippen LogP contribution in [0.3, 0.4) is 0 Å². The molecule has 2 aromatic rings. The Morgan fingerprint density at radius 1 is 1.16 bits per heavy atom. The van der Waals surface area contributed by atoms with E-state index in [-0.39, 0.29) is 5.91 Å². The van der Waals surface area contributed by atoms with Crippen molar-refractivity contribution >= 4 is 5.91 Å². The number of hydrogen-bond acceptors (Lipinski definition) is 2. The summed E-state index contributed by atoms with van der Waals surface area (Å²) in [4.78, 5) is 12.3. The van der Waals surface area contributed by atoms with Crippen molar-refractivity contribution in [2.75, 3.05) is 7.11 Å². The maximum Gasteiger partial charge on any atom is 0.251 e. The molecule has 0 aliphatic heterocycles. The number of ether oxygens (including phenoxy) is 1. The Balaban J connectivity index is 2.75. The molecule has 0 saturated heterocycles. The average Bonchev–Trinajstić information content (AvgIpc) is 2.89. The Labute approximate surface area is 151 Å². The van der Waals surface area contributed by atoms with Crippen LogP contribution in [-0.4, -0.2) is 17.6 Å². The number of methoxy groups -OCH3 is 1. The van der Waals surface area contributed by atoms with E-state index in [0.717, 1.165) is 61.2 Å². The number of nitrogens with two attached hydrogens (primary N) is 1. The van der Waals surface area contributed by atoms with Gasteiger partial charge in [0.1, 0.15) is 5.75 Å². The van der Waals surface area contributed by atoms with Crippen LogP contribution in [0.2, 0.25) is 0 Å². The molecule has 0 saturated carbocycles. The van der Waals surface area contributed by atoms with E-state index in [4.69, 9.17) is 10.5 Å². The van der Waals surface area contributed by atoms with E-state index >= 15 is 0 Å². The predicted molar refractivity (Wildman–Crippen MR) is 103 cm³/mol. The van der Waals surface area contributed by atoms with Gasteiger partial charge in [-0.3, -0.25) is 4.79 Å². The predicted octanol–water partition coefficient (Wildman–Crippen LogP) is 4.71. The summed E-state index contributed by atoms with van der Waals surface area (Å²) in [7, 11) is 1.66. The van der Waals surface area contributed by atoms with Crippen LogP contribution in [0.4, 0.5) is 0 Å². The first-order valence-electron chi connectivity index (χ1n) is 9.21. The summed E-state index contributed by atoms with van der Waals surface area (Å²) in [5, 5.41) is 0. The third-order valence-electron chi connectivity index (χ3n) is 4.76. The molecule has 0 bridgehead atoms. The lowest BCUT2D eigenvalue weighted by molar-refractivity contribution is 0.1000. The minimum absolute atomic E-state index is 0.369. The van der Waals surface area contributed by atoms with E-state index < -0.39 is 0 Å². The fourth-order valence-corrected chi connectivity index (χ4v) is 3.46. The van der Waals surface area contributed by atoms with Gasteiger partial charge in [0.15, 0.2) is 0 Å². The first-order valence-corrected chi connectivity index (χ1v) is 9.21. The van der Waals surface area contributed by atoms with Crippen molar-refractivity contribution in [1.29, 1.82) is 0 Å². The van der Waals surface area contributed by atoms with Crippen molar-refractivity contribution in [1.82, 2.24) is 4.57 Å². The fraction of sp³-hybridized carbons (Fsp3) is 0.476. The molecule has 0 aliphatic rings. The molecule has 4 nitrogen and oxygen atoms in total. The van der Waals surface area contributed by atoms with Gasteiger partial charge in [0.2, 0.25) is 0 Å². The van der Waals surface area contributed by atoms with Gasteiger partial charge in [0.05, 0.1) is 12.7 Å². The van der Waals surface area contributed by atoms with Crippen molar-refractivity contribution in [3.05, 3.63) is 41.2 Å². The van der Waals surface area contributed by atoms with Gasteiger partial charge >= 0.3 is 0 Å². The molecule has 0 fully saturated rings. The second-order valence-electron chi connectivity index (χ2n) is 6.46. The highest BCUT2D eigenvalue weighted by Gasteiger charge is 2.25. The Bertz CT molecular complexity index is 732. The summed E-state index contributed by atoms with van der Waals surface area (Å²) < 4.78 is 7.86. The molecule has 0 atom stereocenters. The number of nitrogens with zero attached hydrogens (tertiary/aromatic N) is 1. The molecule has 25 heavy (non-hydrogen) atoms. The SMILES string of the molecule is CCCCc1c(-c2ccccc2OC)c(C(N)=O)c(C)n1CCCC. The molecular weight excluding hydrogens is 312 g/mol. The standard InChI is InChI=1S/C21H30N2O2/c1-5-7-12-17-20(16-11-9-10-13-18(16)25-4)19(21(22)24)15(3)23(17)14-8-6-2/h9-11,13H,5-8,12,14H2,1-4H3,(H2,22,24). The zero-order valence-corrected chi connectivity index (χ0v) is 15.9. The number of carbonyl (C=O) groups is 1. The lowest BCUT2D eigenvalue weighted by Crippen LogP contribution is -2.13. The zero-order chi connectivity index (χ0) is 18.4. The largest absolute Gasteiger partial charge is 0.496 e. The van der Waals surface area contributed by atoms with Gasteiger partial charge in [-0.05, 0) is 32.3 Å². The monoisotopic (exact) mass is 342 g/mol. The van der Waals surface area contributed by atoms with Crippen LogP contribution in [-0.2, 0) is 13.0 Å². The van der Waals surface area contributed by atoms with Crippen molar-refractivity contribution in [2.45, 2.75) is 59.4 Å². The zero-order valence-electron chi connectivity index (χ0n) is 15.9. The highest BCUT2D eigenvalue weighted by molar-refractivity contribution is 6.03. The van der Waals surface area contributed by atoms with Crippen molar-refractivity contribution < 1.29 is 9.53 Å². The van der Waals surface area contributed by atoms with E-state index in [1.54, 1.807) is 7.11 Å². The third kappa shape index (κ3) is 3.89. The van der Waals surface area contributed by atoms with E-state index in [1.165, 1.54) is 5.69 Å². The molecule has 0 unspecified atom stereocenters. The number of carbonyl (C=O) groups excluding carboxylic acids is 1. The van der Waals surface area contributed by atoms with Crippen molar-refractivity contribution in [3.63, 3.8) is 0 Å². The Morgan fingerprint density at radius 3 is 2.44 bits per heavy atom. The second-order valence-corrected chi connectivity index (χ2v) is 6.46. The molecule has 1 aromatic carbocycles. The number of hydrogen-bond donors (Lipinski definition) is 1. The molecule has 1 amide bonds. The van der Waals surface area contributed by atoms with Gasteiger partial charge in [-0.25, -0.2) is 0 Å². The second kappa shape index (κ2) is 8.75. The normalized spacial score (nSPS) is 10.9. The van der Waals surface area contributed by atoms with E-state index in [9.17, 15) is 4.79 Å². The number of primary amides is 1. The topological polar surface area (TPSA) is 57.2 Å². The van der Waals surface area contributed by atoms with Crippen LogP contribution >= 0.6 is 0 Å². The van der Waals surface area contributed by atoms with Crippen LogP contribution < -0.4 is 10.5 Å². The summed E-state index contributed by atoms with van der Waals surface area (Å²) >= 11 is 0. The minimum Gasteiger partial charge on any atom is -0.496 e. The number of unbranched alkanes of at least 4 members (excludes halogenated alkanes) is 2. The molecule has 0 aliphatic carbocycles. The Hall–Kier alpha value is -2.23. The van der Waals surface area contributed by atoms with Gasteiger partial charge < -0.3 is 15.0 Å². The van der Waals surface area contributed by atoms with Crippen LogP contribution in [0.15, 0.2) is 24.3 Å². The summed E-state index contributed by atoms with van der Waals surface area (Å²) in [6.45, 7) is 7.28. The van der Waals surface area contributed by atoms with E-state index in [0.29, 0.717) is 5.56 Å². The van der Waals surface area contributed by atoms with E-state index in [1.807, 2.05) is 31.2 Å². The summed E-state index contributed by atoms with van der Waals surface area (Å²) in [6.07, 6.45) is 5.31. The number of para-hydroxylation sites is 1. The summed E-state index contributed by atoms with van der Waals surface area (Å²) in [6, 6.07) is 7.87. The highest BCUT2D eigenvalue weighted by atomic mass is 16.5. The fourth-order valence-electron chi connectivity index (χ4n) is 3.46. The quantitative estimate of drug-likeness (QED) is 0.717. The van der Waals surface area contributed by atoms with Gasteiger partial charge in [0.25, 0.3) is 5.91 Å². The number of aromatic nitrogens is 1. The summed E-state index contributed by atoms with van der Waals surface area (Å²) in [5.74, 6) is 0.404. The third-order valence-corrected chi connectivity index (χ3v) is 4.76. The highest BCUT2D eigenvalue weighted by Crippen LogP contribution is 2.38.